The molecule has 1 heterocycles. The molecule has 3 heteroatoms. The number of rotatable bonds is 5. The van der Waals surface area contributed by atoms with Crippen LogP contribution in [0, 0.1) is 0 Å². The van der Waals surface area contributed by atoms with Gasteiger partial charge < -0.3 is 4.98 Å². The Hall–Kier alpha value is -1.38. The smallest absolute Gasteiger partial charge is 0.251 e. The van der Waals surface area contributed by atoms with Crippen molar-refractivity contribution in [1.29, 1.82) is 0 Å². The molecule has 1 N–H and O–H groups in total. The van der Waals surface area contributed by atoms with E-state index in [1.54, 1.807) is 6.20 Å². The molecule has 82 valence electrons. The number of unbranched alkanes of at least 4 members (excludes halogenated alkanes) is 1. The number of aryl methyl sites for hydroxylation is 1. The van der Waals surface area contributed by atoms with E-state index in [1.807, 2.05) is 6.07 Å². The number of Topliss-reactive ketones (excluding diaryl/α,β-unsaturated/α-hetero) is 1. The van der Waals surface area contributed by atoms with Crippen molar-refractivity contribution in [2.45, 2.75) is 39.5 Å². The van der Waals surface area contributed by atoms with Crippen molar-refractivity contribution < 1.29 is 4.79 Å². The van der Waals surface area contributed by atoms with Gasteiger partial charge in [0.25, 0.3) is 5.56 Å². The molecule has 0 aliphatic carbocycles. The third-order valence-corrected chi connectivity index (χ3v) is 2.39. The average Bonchev–Trinajstić information content (AvgIpc) is 2.18. The number of aromatic nitrogens is 1. The van der Waals surface area contributed by atoms with Gasteiger partial charge in [0.2, 0.25) is 0 Å². The number of hydrogen-bond acceptors (Lipinski definition) is 2. The number of carbonyl (C=O) groups excluding carboxylic acids is 1. The summed E-state index contributed by atoms with van der Waals surface area (Å²) < 4.78 is 0. The first kappa shape index (κ1) is 11.7. The minimum Gasteiger partial charge on any atom is -0.329 e. The summed E-state index contributed by atoms with van der Waals surface area (Å²) in [6, 6.07) is 1.90. The molecule has 1 aromatic heterocycles. The molecule has 0 atom stereocenters. The summed E-state index contributed by atoms with van der Waals surface area (Å²) in [7, 11) is 0. The maximum Gasteiger partial charge on any atom is 0.251 e. The molecule has 0 radical (unpaired) electrons. The van der Waals surface area contributed by atoms with E-state index in [-0.39, 0.29) is 17.8 Å². The number of H-pyrrole nitrogens is 1. The molecule has 3 nitrogen and oxygen atoms in total. The second-order valence-electron chi connectivity index (χ2n) is 3.79. The van der Waals surface area contributed by atoms with Crippen LogP contribution >= 0.6 is 0 Å². The third-order valence-electron chi connectivity index (χ3n) is 2.39. The minimum absolute atomic E-state index is 0.0319. The quantitative estimate of drug-likeness (QED) is 0.801. The van der Waals surface area contributed by atoms with E-state index in [0.29, 0.717) is 5.56 Å². The molecule has 0 aliphatic heterocycles. The van der Waals surface area contributed by atoms with E-state index in [9.17, 15) is 9.59 Å². The zero-order valence-corrected chi connectivity index (χ0v) is 9.30. The highest BCUT2D eigenvalue weighted by Gasteiger charge is 2.08. The zero-order valence-electron chi connectivity index (χ0n) is 9.30. The molecule has 1 aromatic rings. The number of aromatic amines is 1. The van der Waals surface area contributed by atoms with E-state index < -0.39 is 0 Å². The van der Waals surface area contributed by atoms with Crippen molar-refractivity contribution in [2.24, 2.45) is 0 Å². The Balaban J connectivity index is 2.97. The molecule has 0 fully saturated rings. The molecule has 0 saturated carbocycles. The van der Waals surface area contributed by atoms with Crippen molar-refractivity contribution in [3.8, 4) is 0 Å². The first-order valence-electron chi connectivity index (χ1n) is 5.34. The lowest BCUT2D eigenvalue weighted by Gasteiger charge is -2.05. The van der Waals surface area contributed by atoms with Gasteiger partial charge in [0.15, 0.2) is 0 Å². The molecule has 0 spiro atoms. The molecule has 1 rings (SSSR count). The highest BCUT2D eigenvalue weighted by Crippen LogP contribution is 2.08. The molecule has 0 aromatic carbocycles. The van der Waals surface area contributed by atoms with Gasteiger partial charge >= 0.3 is 0 Å². The topological polar surface area (TPSA) is 49.9 Å². The highest BCUT2D eigenvalue weighted by atomic mass is 16.1. The summed E-state index contributed by atoms with van der Waals surface area (Å²) in [5, 5.41) is 0. The van der Waals surface area contributed by atoms with E-state index in [4.69, 9.17) is 0 Å². The average molecular weight is 207 g/mol. The van der Waals surface area contributed by atoms with Crippen LogP contribution in [0.2, 0.25) is 0 Å². The molecule has 0 aliphatic rings. The van der Waals surface area contributed by atoms with E-state index in [1.165, 1.54) is 6.92 Å². The summed E-state index contributed by atoms with van der Waals surface area (Å²) in [4.78, 5) is 25.2. The Morgan fingerprint density at radius 3 is 2.80 bits per heavy atom. The third kappa shape index (κ3) is 3.35. The molecular weight excluding hydrogens is 190 g/mol. The molecule has 0 saturated heterocycles. The van der Waals surface area contributed by atoms with Crippen molar-refractivity contribution in [1.82, 2.24) is 4.98 Å². The Morgan fingerprint density at radius 2 is 2.20 bits per heavy atom. The Morgan fingerprint density at radius 1 is 1.47 bits per heavy atom. The summed E-state index contributed by atoms with van der Waals surface area (Å²) in [6.07, 6.45) is 4.91. The minimum atomic E-state index is -0.126. The van der Waals surface area contributed by atoms with Crippen LogP contribution in [-0.4, -0.2) is 10.8 Å². The van der Waals surface area contributed by atoms with Crippen LogP contribution in [0.15, 0.2) is 17.1 Å². The Bertz CT molecular complexity index is 393. The highest BCUT2D eigenvalue weighted by molar-refractivity contribution is 5.78. The standard InChI is InChI=1S/C12H17NO2/c1-3-4-5-10-6-7-13-12(15)11(10)8-9(2)14/h6-7H,3-5,8H2,1-2H3,(H,13,15). The zero-order chi connectivity index (χ0) is 11.3. The number of ketones is 1. The van der Waals surface area contributed by atoms with E-state index in [0.717, 1.165) is 24.8 Å². The fourth-order valence-electron chi connectivity index (χ4n) is 1.60. The number of hydrogen-bond donors (Lipinski definition) is 1. The van der Waals surface area contributed by atoms with Gasteiger partial charge in [-0.3, -0.25) is 9.59 Å². The normalized spacial score (nSPS) is 10.3. The van der Waals surface area contributed by atoms with Gasteiger partial charge in [-0.2, -0.15) is 0 Å². The molecular formula is C12H17NO2. The maximum atomic E-state index is 11.5. The van der Waals surface area contributed by atoms with Crippen LogP contribution in [0.3, 0.4) is 0 Å². The van der Waals surface area contributed by atoms with Gasteiger partial charge in [-0.1, -0.05) is 13.3 Å². The van der Waals surface area contributed by atoms with Gasteiger partial charge in [-0.05, 0) is 31.4 Å². The fraction of sp³-hybridized carbons (Fsp3) is 0.500. The molecule has 15 heavy (non-hydrogen) atoms. The maximum absolute atomic E-state index is 11.5. The molecule has 0 bridgehead atoms. The lowest BCUT2D eigenvalue weighted by Crippen LogP contribution is -2.17. The fourth-order valence-corrected chi connectivity index (χ4v) is 1.60. The van der Waals surface area contributed by atoms with Crippen LogP contribution in [0.4, 0.5) is 0 Å². The number of carbonyl (C=O) groups is 1. The lowest BCUT2D eigenvalue weighted by atomic mass is 10.0. The van der Waals surface area contributed by atoms with Crippen molar-refractivity contribution in [2.75, 3.05) is 0 Å². The van der Waals surface area contributed by atoms with E-state index in [2.05, 4.69) is 11.9 Å². The van der Waals surface area contributed by atoms with Crippen LogP contribution in [0.5, 0.6) is 0 Å². The summed E-state index contributed by atoms with van der Waals surface area (Å²) in [6.45, 7) is 3.62. The number of pyridine rings is 1. The van der Waals surface area contributed by atoms with Gasteiger partial charge in [0.05, 0.1) is 0 Å². The van der Waals surface area contributed by atoms with Crippen molar-refractivity contribution in [3.63, 3.8) is 0 Å². The molecule has 0 unspecified atom stereocenters. The van der Waals surface area contributed by atoms with E-state index >= 15 is 0 Å². The van der Waals surface area contributed by atoms with Crippen molar-refractivity contribution in [3.05, 3.63) is 33.7 Å². The number of nitrogens with one attached hydrogen (secondary N) is 1. The van der Waals surface area contributed by atoms with Crippen LogP contribution in [-0.2, 0) is 17.6 Å². The summed E-state index contributed by atoms with van der Waals surface area (Å²) >= 11 is 0. The second-order valence-corrected chi connectivity index (χ2v) is 3.79. The monoisotopic (exact) mass is 207 g/mol. The Kier molecular flexibility index (Phi) is 4.28. The van der Waals surface area contributed by atoms with Gasteiger partial charge in [0.1, 0.15) is 5.78 Å². The van der Waals surface area contributed by atoms with Crippen LogP contribution < -0.4 is 5.56 Å². The first-order chi connectivity index (χ1) is 7.15. The molecule has 0 amide bonds. The summed E-state index contributed by atoms with van der Waals surface area (Å²) in [5.41, 5.74) is 1.52. The van der Waals surface area contributed by atoms with Crippen molar-refractivity contribution >= 4 is 5.78 Å². The lowest BCUT2D eigenvalue weighted by molar-refractivity contribution is -0.116. The second kappa shape index (κ2) is 5.49. The first-order valence-corrected chi connectivity index (χ1v) is 5.34. The SMILES string of the molecule is CCCCc1cc[nH]c(=O)c1CC(C)=O. The Labute approximate surface area is 89.5 Å². The van der Waals surface area contributed by atoms with Crippen LogP contribution in [0.25, 0.3) is 0 Å². The predicted molar refractivity (Wildman–Crippen MR) is 60.1 cm³/mol. The summed E-state index contributed by atoms with van der Waals surface area (Å²) in [5.74, 6) is 0.0319. The predicted octanol–water partition coefficient (Wildman–Crippen LogP) is 1.85. The van der Waals surface area contributed by atoms with Gasteiger partial charge in [-0.25, -0.2) is 0 Å². The largest absolute Gasteiger partial charge is 0.329 e. The van der Waals surface area contributed by atoms with Gasteiger partial charge in [0, 0.05) is 18.2 Å². The van der Waals surface area contributed by atoms with Gasteiger partial charge in [-0.15, -0.1) is 0 Å². The van der Waals surface area contributed by atoms with Crippen LogP contribution in [0.1, 0.15) is 37.8 Å².